The number of hydrogen-bond donors (Lipinski definition) is 1. The Morgan fingerprint density at radius 2 is 2.05 bits per heavy atom. The molecule has 1 unspecified atom stereocenters. The van der Waals surface area contributed by atoms with Crippen LogP contribution in [0.4, 0.5) is 0 Å². The molecule has 2 aliphatic rings. The second kappa shape index (κ2) is 5.80. The predicted octanol–water partition coefficient (Wildman–Crippen LogP) is 2.91. The highest BCUT2D eigenvalue weighted by Crippen LogP contribution is 2.36. The van der Waals surface area contributed by atoms with E-state index in [2.05, 4.69) is 29.3 Å². The third-order valence-electron chi connectivity index (χ3n) is 5.13. The minimum Gasteiger partial charge on any atom is -0.338 e. The van der Waals surface area contributed by atoms with Crippen molar-refractivity contribution in [2.75, 3.05) is 26.2 Å². The summed E-state index contributed by atoms with van der Waals surface area (Å²) in [7, 11) is 0. The van der Waals surface area contributed by atoms with E-state index in [0.717, 1.165) is 49.3 Å². The van der Waals surface area contributed by atoms with Gasteiger partial charge in [-0.15, -0.1) is 0 Å². The first-order valence-corrected chi connectivity index (χ1v) is 8.17. The summed E-state index contributed by atoms with van der Waals surface area (Å²) in [5.41, 5.74) is 3.46. The molecule has 3 nitrogen and oxygen atoms in total. The molecule has 1 spiro atoms. The van der Waals surface area contributed by atoms with E-state index in [9.17, 15) is 4.79 Å². The zero-order valence-electron chi connectivity index (χ0n) is 13.2. The van der Waals surface area contributed by atoms with Crippen molar-refractivity contribution >= 4 is 5.91 Å². The van der Waals surface area contributed by atoms with Gasteiger partial charge >= 0.3 is 0 Å². The summed E-state index contributed by atoms with van der Waals surface area (Å²) in [4.78, 5) is 15.0. The number of likely N-dealkylation sites (tertiary alicyclic amines) is 1. The van der Waals surface area contributed by atoms with Gasteiger partial charge in [-0.05, 0) is 57.7 Å². The minimum absolute atomic E-state index is 0.223. The van der Waals surface area contributed by atoms with Gasteiger partial charge in [0, 0.05) is 30.6 Å². The Morgan fingerprint density at radius 1 is 1.24 bits per heavy atom. The lowest BCUT2D eigenvalue weighted by Gasteiger charge is -2.45. The molecule has 0 aromatic heterocycles. The maximum Gasteiger partial charge on any atom is 0.254 e. The van der Waals surface area contributed by atoms with E-state index in [1.807, 2.05) is 13.0 Å². The predicted molar refractivity (Wildman–Crippen MR) is 85.6 cm³/mol. The summed E-state index contributed by atoms with van der Waals surface area (Å²) in [6, 6.07) is 6.18. The average molecular weight is 286 g/mol. The van der Waals surface area contributed by atoms with Gasteiger partial charge < -0.3 is 10.2 Å². The number of nitrogens with one attached hydrogen (secondary N) is 1. The molecule has 0 radical (unpaired) electrons. The summed E-state index contributed by atoms with van der Waals surface area (Å²) >= 11 is 0. The highest BCUT2D eigenvalue weighted by atomic mass is 16.2. The molecule has 3 rings (SSSR count). The number of hydrogen-bond acceptors (Lipinski definition) is 2. The van der Waals surface area contributed by atoms with Gasteiger partial charge in [-0.3, -0.25) is 4.79 Å². The lowest BCUT2D eigenvalue weighted by Crippen LogP contribution is -2.52. The van der Waals surface area contributed by atoms with Crippen LogP contribution in [0.5, 0.6) is 0 Å². The zero-order valence-corrected chi connectivity index (χ0v) is 13.2. The third-order valence-corrected chi connectivity index (χ3v) is 5.13. The molecule has 2 saturated heterocycles. The number of carbonyl (C=O) groups excluding carboxylic acids is 1. The first-order valence-electron chi connectivity index (χ1n) is 8.17. The Bertz CT molecular complexity index is 527. The molecule has 2 aliphatic heterocycles. The molecule has 1 N–H and O–H groups in total. The first kappa shape index (κ1) is 14.6. The largest absolute Gasteiger partial charge is 0.338 e. The Kier molecular flexibility index (Phi) is 4.03. The van der Waals surface area contributed by atoms with Gasteiger partial charge in [-0.1, -0.05) is 17.7 Å². The summed E-state index contributed by atoms with van der Waals surface area (Å²) in [5, 5.41) is 3.53. The van der Waals surface area contributed by atoms with Crippen molar-refractivity contribution in [1.29, 1.82) is 0 Å². The summed E-state index contributed by atoms with van der Waals surface area (Å²) in [5.74, 6) is 0.223. The molecular weight excluding hydrogens is 260 g/mol. The van der Waals surface area contributed by atoms with Gasteiger partial charge in [0.1, 0.15) is 0 Å². The van der Waals surface area contributed by atoms with Crippen molar-refractivity contribution < 1.29 is 4.79 Å². The zero-order chi connectivity index (χ0) is 14.9. The van der Waals surface area contributed by atoms with E-state index in [4.69, 9.17) is 0 Å². The molecule has 1 aromatic carbocycles. The van der Waals surface area contributed by atoms with Gasteiger partial charge in [0.25, 0.3) is 5.91 Å². The van der Waals surface area contributed by atoms with Crippen molar-refractivity contribution in [3.05, 3.63) is 34.9 Å². The molecule has 1 aromatic rings. The molecule has 114 valence electrons. The molecule has 0 saturated carbocycles. The van der Waals surface area contributed by atoms with Crippen molar-refractivity contribution in [2.45, 2.75) is 39.5 Å². The standard InChI is InChI=1S/C18H26N2O/c1-14-5-6-15(2)16(11-14)17(21)20-10-4-8-18(13-20)7-3-9-19-12-18/h5-6,11,19H,3-4,7-10,12-13H2,1-2H3. The summed E-state index contributed by atoms with van der Waals surface area (Å²) < 4.78 is 0. The van der Waals surface area contributed by atoms with Crippen molar-refractivity contribution in [3.8, 4) is 0 Å². The van der Waals surface area contributed by atoms with Crippen LogP contribution in [0.15, 0.2) is 18.2 Å². The van der Waals surface area contributed by atoms with Crippen LogP contribution in [0.2, 0.25) is 0 Å². The van der Waals surface area contributed by atoms with Gasteiger partial charge in [-0.25, -0.2) is 0 Å². The monoisotopic (exact) mass is 286 g/mol. The SMILES string of the molecule is Cc1ccc(C)c(C(=O)N2CCCC3(CCCNC3)C2)c1. The lowest BCUT2D eigenvalue weighted by atomic mass is 9.74. The molecule has 0 aliphatic carbocycles. The number of piperidine rings is 2. The van der Waals surface area contributed by atoms with Crippen LogP contribution in [0, 0.1) is 19.3 Å². The van der Waals surface area contributed by atoms with Crippen LogP contribution in [0.25, 0.3) is 0 Å². The number of rotatable bonds is 1. The Balaban J connectivity index is 1.79. The lowest BCUT2D eigenvalue weighted by molar-refractivity contribution is 0.0433. The highest BCUT2D eigenvalue weighted by Gasteiger charge is 2.38. The van der Waals surface area contributed by atoms with E-state index in [1.165, 1.54) is 19.3 Å². The number of aryl methyl sites for hydroxylation is 2. The second-order valence-corrected chi connectivity index (χ2v) is 6.93. The van der Waals surface area contributed by atoms with Crippen LogP contribution in [0.3, 0.4) is 0 Å². The fourth-order valence-electron chi connectivity index (χ4n) is 3.90. The number of amides is 1. The van der Waals surface area contributed by atoms with Crippen LogP contribution >= 0.6 is 0 Å². The normalized spacial score (nSPS) is 26.1. The first-order chi connectivity index (χ1) is 10.1. The topological polar surface area (TPSA) is 32.3 Å². The van der Waals surface area contributed by atoms with E-state index in [-0.39, 0.29) is 5.91 Å². The average Bonchev–Trinajstić information content (AvgIpc) is 2.50. The van der Waals surface area contributed by atoms with E-state index >= 15 is 0 Å². The van der Waals surface area contributed by atoms with Crippen LogP contribution in [-0.2, 0) is 0 Å². The molecule has 3 heteroatoms. The fraction of sp³-hybridized carbons (Fsp3) is 0.611. The van der Waals surface area contributed by atoms with Gasteiger partial charge in [-0.2, -0.15) is 0 Å². The molecule has 0 bridgehead atoms. The fourth-order valence-corrected chi connectivity index (χ4v) is 3.90. The van der Waals surface area contributed by atoms with Gasteiger partial charge in [0.05, 0.1) is 0 Å². The smallest absolute Gasteiger partial charge is 0.254 e. The van der Waals surface area contributed by atoms with Crippen LogP contribution in [0.1, 0.15) is 47.2 Å². The molecule has 2 fully saturated rings. The van der Waals surface area contributed by atoms with E-state index < -0.39 is 0 Å². The maximum atomic E-state index is 12.9. The van der Waals surface area contributed by atoms with E-state index in [0.29, 0.717) is 5.41 Å². The van der Waals surface area contributed by atoms with Gasteiger partial charge in [0.15, 0.2) is 0 Å². The Morgan fingerprint density at radius 3 is 2.81 bits per heavy atom. The Labute approximate surface area is 127 Å². The number of carbonyl (C=O) groups is 1. The molecule has 2 heterocycles. The summed E-state index contributed by atoms with van der Waals surface area (Å²) in [6.07, 6.45) is 4.90. The number of benzene rings is 1. The second-order valence-electron chi connectivity index (χ2n) is 6.93. The van der Waals surface area contributed by atoms with E-state index in [1.54, 1.807) is 0 Å². The quantitative estimate of drug-likeness (QED) is 0.861. The Hall–Kier alpha value is -1.35. The maximum absolute atomic E-state index is 12.9. The number of nitrogens with zero attached hydrogens (tertiary/aromatic N) is 1. The molecule has 21 heavy (non-hydrogen) atoms. The van der Waals surface area contributed by atoms with Crippen molar-refractivity contribution in [3.63, 3.8) is 0 Å². The van der Waals surface area contributed by atoms with Crippen molar-refractivity contribution in [2.24, 2.45) is 5.41 Å². The third kappa shape index (κ3) is 2.98. The summed E-state index contributed by atoms with van der Waals surface area (Å²) in [6.45, 7) is 8.13. The van der Waals surface area contributed by atoms with Gasteiger partial charge in [0.2, 0.25) is 0 Å². The molecular formula is C18H26N2O. The molecule has 1 atom stereocenters. The molecule has 1 amide bonds. The highest BCUT2D eigenvalue weighted by molar-refractivity contribution is 5.96. The van der Waals surface area contributed by atoms with Crippen LogP contribution < -0.4 is 5.32 Å². The van der Waals surface area contributed by atoms with Crippen LogP contribution in [-0.4, -0.2) is 37.0 Å². The minimum atomic E-state index is 0.223. The van der Waals surface area contributed by atoms with Crippen molar-refractivity contribution in [1.82, 2.24) is 10.2 Å².